The van der Waals surface area contributed by atoms with E-state index in [-0.39, 0.29) is 5.56 Å². The maximum atomic E-state index is 12.4. The fourth-order valence-electron chi connectivity index (χ4n) is 1.82. The molecule has 0 aromatic heterocycles. The molecule has 4 nitrogen and oxygen atoms in total. The lowest BCUT2D eigenvalue weighted by atomic mass is 10.1. The normalized spacial score (nSPS) is 11.4. The Morgan fingerprint density at radius 3 is 2.28 bits per heavy atom. The number of amides is 2. The molecule has 0 atom stereocenters. The molecule has 25 heavy (non-hydrogen) atoms. The van der Waals surface area contributed by atoms with Gasteiger partial charge < -0.3 is 0 Å². The molecule has 0 heterocycles. The predicted octanol–water partition coefficient (Wildman–Crippen LogP) is 3.83. The number of carbonyl (C=O) groups excluding carboxylic acids is 2. The van der Waals surface area contributed by atoms with Crippen LogP contribution in [0.15, 0.2) is 54.6 Å². The van der Waals surface area contributed by atoms with Gasteiger partial charge in [-0.05, 0) is 42.0 Å². The quantitative estimate of drug-likeness (QED) is 0.639. The Bertz CT molecular complexity index is 802. The second-order valence-corrected chi connectivity index (χ2v) is 5.34. The summed E-state index contributed by atoms with van der Waals surface area (Å²) in [6.45, 7) is 0. The summed E-state index contributed by atoms with van der Waals surface area (Å²) in [6.07, 6.45) is -2.01. The molecule has 8 heteroatoms. The van der Waals surface area contributed by atoms with Crippen LogP contribution in [0.2, 0.25) is 5.02 Å². The Labute approximate surface area is 146 Å². The number of hydrazine groups is 1. The molecule has 2 amide bonds. The standard InChI is InChI=1S/C17H12ClF3N2O2/c18-14-3-1-2-12(10-14)16(25)23-22-15(24)9-6-11-4-7-13(8-5-11)17(19,20)21/h1-10H,(H,22,24)(H,23,25)/b9-6+. The highest BCUT2D eigenvalue weighted by atomic mass is 35.5. The molecule has 130 valence electrons. The van der Waals surface area contributed by atoms with Crippen LogP contribution in [0.5, 0.6) is 0 Å². The molecular formula is C17H12ClF3N2O2. The highest BCUT2D eigenvalue weighted by molar-refractivity contribution is 6.30. The average Bonchev–Trinajstić information content (AvgIpc) is 2.57. The van der Waals surface area contributed by atoms with E-state index < -0.39 is 23.6 Å². The minimum atomic E-state index is -4.41. The highest BCUT2D eigenvalue weighted by Crippen LogP contribution is 2.29. The predicted molar refractivity (Wildman–Crippen MR) is 87.5 cm³/mol. The zero-order valence-corrected chi connectivity index (χ0v) is 13.4. The van der Waals surface area contributed by atoms with Gasteiger partial charge in [-0.2, -0.15) is 13.2 Å². The van der Waals surface area contributed by atoms with Crippen LogP contribution in [-0.2, 0) is 11.0 Å². The van der Waals surface area contributed by atoms with Gasteiger partial charge in [0.25, 0.3) is 11.8 Å². The number of rotatable bonds is 3. The number of halogens is 4. The maximum absolute atomic E-state index is 12.4. The van der Waals surface area contributed by atoms with Crippen molar-refractivity contribution in [2.45, 2.75) is 6.18 Å². The van der Waals surface area contributed by atoms with Gasteiger partial charge in [-0.15, -0.1) is 0 Å². The van der Waals surface area contributed by atoms with E-state index in [1.165, 1.54) is 30.3 Å². The number of alkyl halides is 3. The summed E-state index contributed by atoms with van der Waals surface area (Å²) < 4.78 is 37.3. The van der Waals surface area contributed by atoms with E-state index in [9.17, 15) is 22.8 Å². The van der Waals surface area contributed by atoms with E-state index in [2.05, 4.69) is 10.9 Å². The number of hydrogen-bond donors (Lipinski definition) is 2. The Morgan fingerprint density at radius 1 is 1.00 bits per heavy atom. The average molecular weight is 369 g/mol. The van der Waals surface area contributed by atoms with Crippen LogP contribution in [0.4, 0.5) is 13.2 Å². The summed E-state index contributed by atoms with van der Waals surface area (Å²) in [5.41, 5.74) is 4.25. The highest BCUT2D eigenvalue weighted by Gasteiger charge is 2.29. The van der Waals surface area contributed by atoms with E-state index in [0.29, 0.717) is 10.6 Å². The lowest BCUT2D eigenvalue weighted by Gasteiger charge is -2.06. The second kappa shape index (κ2) is 7.85. The van der Waals surface area contributed by atoms with Gasteiger partial charge in [0.2, 0.25) is 0 Å². The summed E-state index contributed by atoms with van der Waals surface area (Å²) in [4.78, 5) is 23.4. The Morgan fingerprint density at radius 2 is 1.68 bits per heavy atom. The molecule has 0 aliphatic rings. The first-order valence-corrected chi connectivity index (χ1v) is 7.35. The molecule has 0 aliphatic heterocycles. The van der Waals surface area contributed by atoms with Gasteiger partial charge in [-0.3, -0.25) is 20.4 Å². The van der Waals surface area contributed by atoms with Gasteiger partial charge in [0.05, 0.1) is 5.56 Å². The number of benzene rings is 2. The molecule has 0 bridgehead atoms. The third kappa shape index (κ3) is 5.65. The van der Waals surface area contributed by atoms with Crippen molar-refractivity contribution in [1.82, 2.24) is 10.9 Å². The van der Waals surface area contributed by atoms with E-state index in [1.54, 1.807) is 12.1 Å². The Hall–Kier alpha value is -2.80. The van der Waals surface area contributed by atoms with Gasteiger partial charge in [-0.1, -0.05) is 29.8 Å². The molecule has 0 unspecified atom stereocenters. The lowest BCUT2D eigenvalue weighted by Crippen LogP contribution is -2.40. The molecule has 0 spiro atoms. The van der Waals surface area contributed by atoms with Crippen molar-refractivity contribution in [2.24, 2.45) is 0 Å². The molecule has 2 N–H and O–H groups in total. The number of nitrogens with one attached hydrogen (secondary N) is 2. The van der Waals surface area contributed by atoms with E-state index >= 15 is 0 Å². The van der Waals surface area contributed by atoms with Gasteiger partial charge >= 0.3 is 6.18 Å². The lowest BCUT2D eigenvalue weighted by molar-refractivity contribution is -0.137. The summed E-state index contributed by atoms with van der Waals surface area (Å²) in [5, 5.41) is 0.376. The van der Waals surface area contributed by atoms with E-state index in [1.807, 2.05) is 0 Å². The molecule has 2 rings (SSSR count). The molecule has 0 aliphatic carbocycles. The van der Waals surface area contributed by atoms with Crippen LogP contribution in [0.1, 0.15) is 21.5 Å². The topological polar surface area (TPSA) is 58.2 Å². The molecule has 0 saturated heterocycles. The molecule has 2 aromatic carbocycles. The van der Waals surface area contributed by atoms with Crippen molar-refractivity contribution in [3.05, 3.63) is 76.3 Å². The van der Waals surface area contributed by atoms with Gasteiger partial charge in [0.15, 0.2) is 0 Å². The van der Waals surface area contributed by atoms with Crippen molar-refractivity contribution in [2.75, 3.05) is 0 Å². The molecular weight excluding hydrogens is 357 g/mol. The fourth-order valence-corrected chi connectivity index (χ4v) is 2.01. The summed E-state index contributed by atoms with van der Waals surface area (Å²) in [7, 11) is 0. The second-order valence-electron chi connectivity index (χ2n) is 4.91. The zero-order chi connectivity index (χ0) is 18.4. The monoisotopic (exact) mass is 368 g/mol. The first kappa shape index (κ1) is 18.5. The van der Waals surface area contributed by atoms with Crippen LogP contribution in [0.25, 0.3) is 6.08 Å². The van der Waals surface area contributed by atoms with Gasteiger partial charge in [0, 0.05) is 16.7 Å². The van der Waals surface area contributed by atoms with Crippen molar-refractivity contribution in [3.63, 3.8) is 0 Å². The van der Waals surface area contributed by atoms with Crippen molar-refractivity contribution in [1.29, 1.82) is 0 Å². The van der Waals surface area contributed by atoms with Gasteiger partial charge in [0.1, 0.15) is 0 Å². The van der Waals surface area contributed by atoms with Crippen molar-refractivity contribution in [3.8, 4) is 0 Å². The Kier molecular flexibility index (Phi) is 5.82. The van der Waals surface area contributed by atoms with Crippen molar-refractivity contribution >= 4 is 29.5 Å². The first-order valence-electron chi connectivity index (χ1n) is 6.97. The van der Waals surface area contributed by atoms with Crippen LogP contribution < -0.4 is 10.9 Å². The Balaban J connectivity index is 1.89. The SMILES string of the molecule is O=C(/C=C/c1ccc(C(F)(F)F)cc1)NNC(=O)c1cccc(Cl)c1. The first-order chi connectivity index (χ1) is 11.8. The number of carbonyl (C=O) groups is 2. The van der Waals surface area contributed by atoms with Crippen LogP contribution in [-0.4, -0.2) is 11.8 Å². The third-order valence-corrected chi connectivity index (χ3v) is 3.29. The van der Waals surface area contributed by atoms with E-state index in [4.69, 9.17) is 11.6 Å². The molecule has 0 radical (unpaired) electrons. The largest absolute Gasteiger partial charge is 0.416 e. The molecule has 0 saturated carbocycles. The smallest absolute Gasteiger partial charge is 0.268 e. The molecule has 0 fully saturated rings. The maximum Gasteiger partial charge on any atom is 0.416 e. The summed E-state index contributed by atoms with van der Waals surface area (Å²) in [6, 6.07) is 10.4. The minimum Gasteiger partial charge on any atom is -0.268 e. The van der Waals surface area contributed by atoms with Crippen molar-refractivity contribution < 1.29 is 22.8 Å². The summed E-state index contributed by atoms with van der Waals surface area (Å²) in [5.74, 6) is -1.20. The third-order valence-electron chi connectivity index (χ3n) is 3.05. The van der Waals surface area contributed by atoms with Crippen LogP contribution >= 0.6 is 11.6 Å². The number of hydrogen-bond acceptors (Lipinski definition) is 2. The summed E-state index contributed by atoms with van der Waals surface area (Å²) >= 11 is 5.76. The minimum absolute atomic E-state index is 0.263. The fraction of sp³-hybridized carbons (Fsp3) is 0.0588. The van der Waals surface area contributed by atoms with Crippen LogP contribution in [0, 0.1) is 0 Å². The van der Waals surface area contributed by atoms with E-state index in [0.717, 1.165) is 18.2 Å². The molecule has 2 aromatic rings. The van der Waals surface area contributed by atoms with Gasteiger partial charge in [-0.25, -0.2) is 0 Å². The van der Waals surface area contributed by atoms with Crippen LogP contribution in [0.3, 0.4) is 0 Å². The zero-order valence-electron chi connectivity index (χ0n) is 12.6.